The molecule has 2 aliphatic heterocycles. The van der Waals surface area contributed by atoms with Gasteiger partial charge in [-0.1, -0.05) is 54.6 Å². The van der Waals surface area contributed by atoms with E-state index in [1.54, 1.807) is 18.2 Å². The third kappa shape index (κ3) is 6.55. The van der Waals surface area contributed by atoms with E-state index in [1.807, 2.05) is 60.0 Å². The fraction of sp³-hybridized carbons (Fsp3) is 0.353. The molecule has 0 unspecified atom stereocenters. The number of nitrogens with zero attached hydrogens (tertiary/aromatic N) is 5. The van der Waals surface area contributed by atoms with Crippen LogP contribution >= 0.6 is 0 Å². The van der Waals surface area contributed by atoms with E-state index in [2.05, 4.69) is 25.6 Å². The summed E-state index contributed by atoms with van der Waals surface area (Å²) in [6, 6.07) is 21.2. The number of hydrogen-bond acceptors (Lipinski definition) is 13. The number of esters is 1. The van der Waals surface area contributed by atoms with Crippen molar-refractivity contribution in [3.05, 3.63) is 77.9 Å². The molecule has 4 heterocycles. The minimum absolute atomic E-state index is 0.0478. The van der Waals surface area contributed by atoms with Gasteiger partial charge < -0.3 is 33.5 Å². The van der Waals surface area contributed by atoms with E-state index in [1.165, 1.54) is 13.8 Å². The van der Waals surface area contributed by atoms with Crippen LogP contribution < -0.4 is 4.74 Å². The van der Waals surface area contributed by atoms with E-state index >= 15 is 0 Å². The fourth-order valence-corrected chi connectivity index (χ4v) is 6.09. The van der Waals surface area contributed by atoms with Crippen molar-refractivity contribution in [1.29, 1.82) is 0 Å². The van der Waals surface area contributed by atoms with Gasteiger partial charge in [0.1, 0.15) is 18.3 Å². The lowest BCUT2D eigenvalue weighted by Gasteiger charge is -2.26. The van der Waals surface area contributed by atoms with Crippen molar-refractivity contribution >= 4 is 23.2 Å². The number of hydrogen-bond donors (Lipinski definition) is 2. The van der Waals surface area contributed by atoms with Gasteiger partial charge in [-0.3, -0.25) is 4.57 Å². The van der Waals surface area contributed by atoms with Crippen molar-refractivity contribution in [2.24, 2.45) is 0 Å². The Hall–Kier alpha value is -5.38. The second-order valence-corrected chi connectivity index (χ2v) is 12.0. The zero-order valence-electron chi connectivity index (χ0n) is 26.9. The molecule has 7 rings (SSSR count). The molecule has 0 spiro atoms. The minimum Gasteiger partial charge on any atom is -0.465 e. The number of tetrazole rings is 1. The Morgan fingerprint density at radius 2 is 1.76 bits per heavy atom. The molecule has 0 radical (unpaired) electrons. The van der Waals surface area contributed by atoms with Crippen molar-refractivity contribution in [2.45, 2.75) is 57.5 Å². The van der Waals surface area contributed by atoms with E-state index in [4.69, 9.17) is 28.4 Å². The molecule has 0 bridgehead atoms. The van der Waals surface area contributed by atoms with Crippen LogP contribution in [0.15, 0.2) is 66.7 Å². The van der Waals surface area contributed by atoms with Gasteiger partial charge in [0.2, 0.25) is 5.82 Å². The van der Waals surface area contributed by atoms with Crippen LogP contribution in [0.5, 0.6) is 6.01 Å². The van der Waals surface area contributed by atoms with Gasteiger partial charge in [-0.15, -0.1) is 10.2 Å². The number of fused-ring (bicyclic) bond motifs is 2. The zero-order valence-corrected chi connectivity index (χ0v) is 26.9. The molecule has 2 N–H and O–H groups in total. The van der Waals surface area contributed by atoms with E-state index in [9.17, 15) is 14.7 Å². The average Bonchev–Trinajstić information content (AvgIpc) is 3.89. The van der Waals surface area contributed by atoms with Crippen LogP contribution in [-0.4, -0.2) is 97.4 Å². The maximum Gasteiger partial charge on any atom is 0.512 e. The maximum absolute atomic E-state index is 13.7. The highest BCUT2D eigenvalue weighted by atomic mass is 16.8. The summed E-state index contributed by atoms with van der Waals surface area (Å²) in [5, 5.41) is 24.4. The molecule has 2 fully saturated rings. The van der Waals surface area contributed by atoms with E-state index < -0.39 is 42.3 Å². The minimum atomic E-state index is -1.70. The number of imidazole rings is 1. The summed E-state index contributed by atoms with van der Waals surface area (Å²) in [6.45, 7) is 5.53. The van der Waals surface area contributed by atoms with Gasteiger partial charge in [0.25, 0.3) is 11.8 Å². The number of aromatic nitrogens is 6. The predicted molar refractivity (Wildman–Crippen MR) is 171 cm³/mol. The summed E-state index contributed by atoms with van der Waals surface area (Å²) in [5.41, 5.74) is 4.89. The van der Waals surface area contributed by atoms with Crippen molar-refractivity contribution in [3.8, 4) is 28.5 Å². The highest BCUT2D eigenvalue weighted by Gasteiger charge is 2.49. The van der Waals surface area contributed by atoms with Crippen molar-refractivity contribution in [3.63, 3.8) is 0 Å². The number of benzene rings is 3. The highest BCUT2D eigenvalue weighted by Crippen LogP contribution is 2.33. The molecule has 3 aromatic carbocycles. The second-order valence-electron chi connectivity index (χ2n) is 12.0. The first-order chi connectivity index (χ1) is 23.7. The van der Waals surface area contributed by atoms with Crippen LogP contribution in [-0.2, 0) is 30.2 Å². The topological polar surface area (TPSA) is 182 Å². The predicted octanol–water partition coefficient (Wildman–Crippen LogP) is 3.90. The van der Waals surface area contributed by atoms with Gasteiger partial charge in [-0.05, 0) is 41.0 Å². The lowest BCUT2D eigenvalue weighted by molar-refractivity contribution is -0.162. The molecular formula is C34H34N6O9. The molecule has 5 aromatic rings. The Labute approximate surface area is 280 Å². The quantitative estimate of drug-likeness (QED) is 0.161. The molecule has 2 aromatic heterocycles. The number of H-pyrrole nitrogens is 1. The summed E-state index contributed by atoms with van der Waals surface area (Å²) in [4.78, 5) is 31.0. The lowest BCUT2D eigenvalue weighted by atomic mass is 9.98. The van der Waals surface area contributed by atoms with E-state index in [-0.39, 0.29) is 18.8 Å². The van der Waals surface area contributed by atoms with Gasteiger partial charge in [0, 0.05) is 19.4 Å². The third-order valence-corrected chi connectivity index (χ3v) is 8.24. The highest BCUT2D eigenvalue weighted by molar-refractivity contribution is 6.02. The molecule has 15 nitrogen and oxygen atoms in total. The average molecular weight is 671 g/mol. The summed E-state index contributed by atoms with van der Waals surface area (Å²) in [7, 11) is 0. The summed E-state index contributed by atoms with van der Waals surface area (Å²) in [5.74, 6) is -1.95. The summed E-state index contributed by atoms with van der Waals surface area (Å²) in [6.07, 6.45) is -3.81. The molecule has 0 saturated carbocycles. The molecule has 254 valence electrons. The van der Waals surface area contributed by atoms with Crippen LogP contribution in [0.25, 0.3) is 33.5 Å². The molecule has 15 heteroatoms. The molecule has 2 aliphatic rings. The Kier molecular flexibility index (Phi) is 8.71. The van der Waals surface area contributed by atoms with Gasteiger partial charge in [0.15, 0.2) is 6.10 Å². The number of nitrogens with one attached hydrogen (secondary N) is 1. The van der Waals surface area contributed by atoms with Gasteiger partial charge in [-0.25, -0.2) is 9.59 Å². The number of aliphatic hydroxyl groups is 1. The third-order valence-electron chi connectivity index (χ3n) is 8.24. The van der Waals surface area contributed by atoms with Crippen LogP contribution in [0, 0.1) is 0 Å². The largest absolute Gasteiger partial charge is 0.512 e. The second kappa shape index (κ2) is 13.3. The SMILES string of the molecule is CCOc1nc2cccc(C(=O)OC(C)(C)OC(=O)O[C@@H]3CO[C@@H]4[C@H]3OC[C@H]4O)c2n1Cc1ccc(-c2ccccc2-c2nn[nH]n2)cc1. The van der Waals surface area contributed by atoms with Crippen LogP contribution in [0.2, 0.25) is 0 Å². The maximum atomic E-state index is 13.7. The number of rotatable bonds is 10. The molecule has 0 aliphatic carbocycles. The van der Waals surface area contributed by atoms with Crippen LogP contribution in [0.1, 0.15) is 36.7 Å². The molecule has 2 saturated heterocycles. The Bertz CT molecular complexity index is 1960. The molecule has 49 heavy (non-hydrogen) atoms. The standard InChI is InChI=1S/C34H34N6O9/c1-4-44-32-35-24-11-7-10-23(31(42)48-34(2,3)49-33(43)47-26-18-46-28-25(41)17-45-29(26)28)27(24)40(32)16-19-12-14-20(15-13-19)21-8-5-6-9-22(21)30-36-38-39-37-30/h5-15,25-26,28-29,41H,4,16-18H2,1-3H3,(H,36,37,38,39)/t25-,26-,28+,29+/m1/s1. The smallest absolute Gasteiger partial charge is 0.465 e. The van der Waals surface area contributed by atoms with E-state index in [0.717, 1.165) is 22.3 Å². The zero-order chi connectivity index (χ0) is 34.1. The molecule has 4 atom stereocenters. The lowest BCUT2D eigenvalue weighted by Crippen LogP contribution is -2.38. The summed E-state index contributed by atoms with van der Waals surface area (Å²) >= 11 is 0. The Morgan fingerprint density at radius 3 is 2.51 bits per heavy atom. The monoisotopic (exact) mass is 670 g/mol. The first-order valence-electron chi connectivity index (χ1n) is 15.8. The normalized spacial score (nSPS) is 20.2. The number of carbonyl (C=O) groups excluding carboxylic acids is 2. The van der Waals surface area contributed by atoms with Crippen molar-refractivity contribution < 1.29 is 43.1 Å². The summed E-state index contributed by atoms with van der Waals surface area (Å²) < 4.78 is 35.2. The Balaban J connectivity index is 1.10. The number of aromatic amines is 1. The van der Waals surface area contributed by atoms with Gasteiger partial charge >= 0.3 is 12.1 Å². The van der Waals surface area contributed by atoms with E-state index in [0.29, 0.717) is 36.0 Å². The number of ether oxygens (including phenoxy) is 6. The van der Waals surface area contributed by atoms with Gasteiger partial charge in [-0.2, -0.15) is 10.2 Å². The molecular weight excluding hydrogens is 636 g/mol. The van der Waals surface area contributed by atoms with Crippen molar-refractivity contribution in [2.75, 3.05) is 19.8 Å². The first-order valence-corrected chi connectivity index (χ1v) is 15.8. The number of para-hydroxylation sites is 1. The first kappa shape index (κ1) is 32.2. The Morgan fingerprint density at radius 1 is 0.980 bits per heavy atom. The fourth-order valence-electron chi connectivity index (χ4n) is 6.09. The number of carbonyl (C=O) groups is 2. The van der Waals surface area contributed by atoms with Gasteiger partial charge in [0.05, 0.1) is 43.0 Å². The van der Waals surface area contributed by atoms with Crippen LogP contribution in [0.4, 0.5) is 4.79 Å². The molecule has 0 amide bonds. The number of aliphatic hydroxyl groups excluding tert-OH is 1. The van der Waals surface area contributed by atoms with Crippen LogP contribution in [0.3, 0.4) is 0 Å². The van der Waals surface area contributed by atoms with Crippen molar-refractivity contribution in [1.82, 2.24) is 30.2 Å².